The molecule has 5 aromatic rings. The van der Waals surface area contributed by atoms with Crippen LogP contribution in [0.15, 0.2) is 71.8 Å². The van der Waals surface area contributed by atoms with Crippen molar-refractivity contribution < 1.29 is 24.6 Å². The van der Waals surface area contributed by atoms with Crippen molar-refractivity contribution >= 4 is 51.5 Å². The number of nitrogens with zero attached hydrogens (tertiary/aromatic N) is 3. The molecule has 5 rings (SSSR count). The average molecular weight is 559 g/mol. The fraction of sp³-hybridized carbons (Fsp3) is 0.148. The van der Waals surface area contributed by atoms with E-state index >= 15 is 0 Å². The first-order chi connectivity index (χ1) is 19.7. The molecule has 1 atom stereocenters. The summed E-state index contributed by atoms with van der Waals surface area (Å²) in [5.74, 6) is -3.16. The van der Waals surface area contributed by atoms with E-state index in [9.17, 15) is 19.2 Å². The first-order valence-electron chi connectivity index (χ1n) is 12.3. The van der Waals surface area contributed by atoms with Gasteiger partial charge in [-0.05, 0) is 48.2 Å². The Hall–Kier alpha value is -5.79. The summed E-state index contributed by atoms with van der Waals surface area (Å²) in [5, 5.41) is 24.5. The van der Waals surface area contributed by atoms with Crippen LogP contribution in [0.3, 0.4) is 0 Å². The Balaban J connectivity index is 0.000000360. The number of aromatic amines is 2. The molecule has 14 heteroatoms. The molecule has 8 N–H and O–H groups in total. The van der Waals surface area contributed by atoms with Crippen LogP contribution in [-0.2, 0) is 16.1 Å². The summed E-state index contributed by atoms with van der Waals surface area (Å²) in [6, 6.07) is 15.1. The predicted molar refractivity (Wildman–Crippen MR) is 150 cm³/mol. The van der Waals surface area contributed by atoms with E-state index in [1.807, 2.05) is 18.3 Å². The van der Waals surface area contributed by atoms with Crippen LogP contribution in [0, 0.1) is 0 Å². The lowest BCUT2D eigenvalue weighted by molar-refractivity contribution is -0.140. The minimum atomic E-state index is -1.31. The van der Waals surface area contributed by atoms with Crippen LogP contribution in [0.4, 0.5) is 11.6 Å². The number of nitrogens with one attached hydrogen (secondary N) is 4. The van der Waals surface area contributed by atoms with E-state index in [0.717, 1.165) is 0 Å². The van der Waals surface area contributed by atoms with Gasteiger partial charge in [0.1, 0.15) is 6.04 Å². The summed E-state index contributed by atoms with van der Waals surface area (Å²) < 4.78 is 0. The van der Waals surface area contributed by atoms with Crippen molar-refractivity contribution in [1.82, 2.24) is 30.2 Å². The van der Waals surface area contributed by atoms with Gasteiger partial charge in [-0.3, -0.25) is 19.4 Å². The molecule has 210 valence electrons. The van der Waals surface area contributed by atoms with Crippen LogP contribution in [-0.4, -0.2) is 59.0 Å². The van der Waals surface area contributed by atoms with E-state index in [0.29, 0.717) is 11.4 Å². The zero-order valence-electron chi connectivity index (χ0n) is 21.5. The quantitative estimate of drug-likeness (QED) is 0.138. The number of aromatic nitrogens is 5. The van der Waals surface area contributed by atoms with Gasteiger partial charge in [0.15, 0.2) is 11.2 Å². The maximum absolute atomic E-state index is 12.3. The Bertz CT molecular complexity index is 1720. The van der Waals surface area contributed by atoms with Crippen LogP contribution in [0.2, 0.25) is 0 Å². The molecule has 0 saturated heterocycles. The molecule has 1 unspecified atom stereocenters. The van der Waals surface area contributed by atoms with Crippen LogP contribution in [0.1, 0.15) is 28.9 Å². The number of fused-ring (bicyclic) bond motifs is 2. The molecule has 1 amide bonds. The van der Waals surface area contributed by atoms with Crippen molar-refractivity contribution in [3.63, 3.8) is 0 Å². The molecule has 41 heavy (non-hydrogen) atoms. The fourth-order valence-electron chi connectivity index (χ4n) is 3.75. The van der Waals surface area contributed by atoms with Crippen molar-refractivity contribution in [3.05, 3.63) is 88.6 Å². The highest BCUT2D eigenvalue weighted by Gasteiger charge is 2.21. The van der Waals surface area contributed by atoms with Gasteiger partial charge in [0.05, 0.1) is 18.4 Å². The second-order valence-corrected chi connectivity index (χ2v) is 8.78. The van der Waals surface area contributed by atoms with Crippen LogP contribution < -0.4 is 21.9 Å². The molecule has 0 aliphatic carbocycles. The summed E-state index contributed by atoms with van der Waals surface area (Å²) in [6.07, 6.45) is 2.79. The summed E-state index contributed by atoms with van der Waals surface area (Å²) in [4.78, 5) is 63.7. The number of para-hydroxylation sites is 1. The number of rotatable bonds is 9. The Labute approximate surface area is 231 Å². The van der Waals surface area contributed by atoms with E-state index in [1.54, 1.807) is 12.1 Å². The second-order valence-electron chi connectivity index (χ2n) is 8.78. The van der Waals surface area contributed by atoms with E-state index in [2.05, 4.69) is 53.8 Å². The topological polar surface area (TPSA) is 229 Å². The smallest absolute Gasteiger partial charge is 0.326 e. The van der Waals surface area contributed by atoms with Crippen LogP contribution >= 0.6 is 0 Å². The summed E-state index contributed by atoms with van der Waals surface area (Å²) in [5.41, 5.74) is 7.68. The van der Waals surface area contributed by atoms with Gasteiger partial charge in [-0.15, -0.1) is 0 Å². The predicted octanol–water partition coefficient (Wildman–Crippen LogP) is 2.12. The Morgan fingerprint density at radius 1 is 1.00 bits per heavy atom. The van der Waals surface area contributed by atoms with Crippen molar-refractivity contribution in [2.75, 3.05) is 11.1 Å². The van der Waals surface area contributed by atoms with E-state index in [1.165, 1.54) is 29.2 Å². The van der Waals surface area contributed by atoms with Gasteiger partial charge in [-0.1, -0.05) is 18.2 Å². The molecule has 14 nitrogen and oxygen atoms in total. The molecule has 0 bridgehead atoms. The van der Waals surface area contributed by atoms with Crippen molar-refractivity contribution in [2.45, 2.75) is 25.4 Å². The number of amides is 1. The largest absolute Gasteiger partial charge is 0.481 e. The second kappa shape index (κ2) is 12.8. The van der Waals surface area contributed by atoms with Gasteiger partial charge in [0.25, 0.3) is 11.5 Å². The third-order valence-electron chi connectivity index (χ3n) is 5.82. The average Bonchev–Trinajstić information content (AvgIpc) is 3.43. The fourth-order valence-corrected chi connectivity index (χ4v) is 3.75. The van der Waals surface area contributed by atoms with E-state index in [4.69, 9.17) is 15.9 Å². The molecule has 0 aliphatic heterocycles. The Morgan fingerprint density at radius 2 is 1.76 bits per heavy atom. The number of carbonyl (C=O) groups is 3. The van der Waals surface area contributed by atoms with Crippen molar-refractivity contribution in [3.8, 4) is 0 Å². The number of nitrogen functional groups attached to an aromatic ring is 1. The summed E-state index contributed by atoms with van der Waals surface area (Å²) in [7, 11) is 0. The molecular weight excluding hydrogens is 532 g/mol. The van der Waals surface area contributed by atoms with Crippen LogP contribution in [0.25, 0.3) is 22.1 Å². The molecule has 3 heterocycles. The number of anilines is 2. The molecule has 0 radical (unpaired) electrons. The number of nitrogens with two attached hydrogens (primary N) is 1. The standard InChI is InChI=1S/C19H19N7O6.C8H7N/c20-19-25-15-14(17(30)26-19)23-11(8-22-15)7-21-10-3-1-9(2-4-10)16(29)24-12(18(31)32)5-6-13(27)28;1-2-4-8-7(3-1)5-6-9-8/h1-4,8,12,21H,5-7H2,(H,24,29)(H,27,28)(H,31,32)(H3,20,22,25,26,30);1-6,9H. The lowest BCUT2D eigenvalue weighted by Crippen LogP contribution is -2.41. The van der Waals surface area contributed by atoms with Gasteiger partial charge in [0, 0.05) is 29.4 Å². The van der Waals surface area contributed by atoms with Crippen LogP contribution in [0.5, 0.6) is 0 Å². The van der Waals surface area contributed by atoms with Gasteiger partial charge >= 0.3 is 11.9 Å². The molecule has 0 saturated carbocycles. The van der Waals surface area contributed by atoms with Gasteiger partial charge < -0.3 is 31.6 Å². The number of H-pyrrole nitrogens is 2. The molecule has 0 aliphatic rings. The van der Waals surface area contributed by atoms with Gasteiger partial charge in [-0.25, -0.2) is 14.8 Å². The number of aliphatic carboxylic acids is 2. The highest BCUT2D eigenvalue weighted by atomic mass is 16.4. The molecule has 2 aromatic carbocycles. The van der Waals surface area contributed by atoms with Crippen molar-refractivity contribution in [1.29, 1.82) is 0 Å². The number of benzene rings is 2. The molecule has 0 fully saturated rings. The third kappa shape index (κ3) is 7.63. The maximum atomic E-state index is 12.3. The van der Waals surface area contributed by atoms with Gasteiger partial charge in [0.2, 0.25) is 5.95 Å². The zero-order chi connectivity index (χ0) is 29.4. The normalized spacial score (nSPS) is 11.3. The first kappa shape index (κ1) is 28.2. The Morgan fingerprint density at radius 3 is 2.46 bits per heavy atom. The highest BCUT2D eigenvalue weighted by molar-refractivity contribution is 5.97. The summed E-state index contributed by atoms with van der Waals surface area (Å²) >= 11 is 0. The number of hydrogen-bond donors (Lipinski definition) is 7. The summed E-state index contributed by atoms with van der Waals surface area (Å²) in [6.45, 7) is 0.231. The highest BCUT2D eigenvalue weighted by Crippen LogP contribution is 2.12. The maximum Gasteiger partial charge on any atom is 0.326 e. The van der Waals surface area contributed by atoms with E-state index < -0.39 is 29.4 Å². The molecule has 0 spiro atoms. The number of carbonyl (C=O) groups excluding carboxylic acids is 1. The SMILES string of the molecule is Nc1nc2ncc(CNc3ccc(C(=O)NC(CCC(=O)O)C(=O)O)cc3)nc2c(=O)[nH]1.c1ccc2[nH]ccc2c1. The van der Waals surface area contributed by atoms with Crippen molar-refractivity contribution in [2.24, 2.45) is 0 Å². The molecular formula is C27H26N8O6. The minimum Gasteiger partial charge on any atom is -0.481 e. The Kier molecular flexibility index (Phi) is 8.84. The first-order valence-corrected chi connectivity index (χ1v) is 12.3. The molecule has 3 aromatic heterocycles. The monoisotopic (exact) mass is 558 g/mol. The van der Waals surface area contributed by atoms with E-state index in [-0.39, 0.29) is 42.1 Å². The van der Waals surface area contributed by atoms with Gasteiger partial charge in [-0.2, -0.15) is 4.98 Å². The lowest BCUT2D eigenvalue weighted by Gasteiger charge is -2.14. The number of carboxylic acids is 2. The third-order valence-corrected chi connectivity index (χ3v) is 5.82. The lowest BCUT2D eigenvalue weighted by atomic mass is 10.1. The zero-order valence-corrected chi connectivity index (χ0v) is 21.5. The minimum absolute atomic E-state index is 0.0524. The number of hydrogen-bond acceptors (Lipinski definition) is 9. The number of carboxylic acid groups (broad SMARTS) is 2.